The van der Waals surface area contributed by atoms with E-state index < -0.39 is 54.1 Å². The number of H-pyrrole nitrogens is 1. The van der Waals surface area contributed by atoms with Gasteiger partial charge in [0.1, 0.15) is 12.6 Å². The maximum atomic E-state index is 14.3. The van der Waals surface area contributed by atoms with Gasteiger partial charge in [0.2, 0.25) is 11.8 Å². The van der Waals surface area contributed by atoms with E-state index in [1.807, 2.05) is 30.3 Å². The van der Waals surface area contributed by atoms with Crippen LogP contribution in [0.15, 0.2) is 42.9 Å². The molecule has 1 heterocycles. The molecule has 1 aliphatic rings. The number of ether oxygens (including phenoxy) is 2. The van der Waals surface area contributed by atoms with Crippen molar-refractivity contribution in [1.82, 2.24) is 30.4 Å². The van der Waals surface area contributed by atoms with E-state index in [4.69, 9.17) is 9.47 Å². The zero-order chi connectivity index (χ0) is 38.8. The van der Waals surface area contributed by atoms with Crippen molar-refractivity contribution >= 4 is 29.8 Å². The lowest BCUT2D eigenvalue weighted by Crippen LogP contribution is -2.56. The van der Waals surface area contributed by atoms with Gasteiger partial charge in [-0.1, -0.05) is 76.3 Å². The Bertz CT molecular complexity index is 1420. The molecule has 1 aliphatic carbocycles. The summed E-state index contributed by atoms with van der Waals surface area (Å²) < 4.78 is 10.6. The quantitative estimate of drug-likeness (QED) is 0.138. The molecule has 0 saturated heterocycles. The van der Waals surface area contributed by atoms with Crippen molar-refractivity contribution in [3.63, 3.8) is 0 Å². The molecular formula is C39H60N6O8. The summed E-state index contributed by atoms with van der Waals surface area (Å²) in [5, 5.41) is 16.9. The van der Waals surface area contributed by atoms with Gasteiger partial charge in [0.15, 0.2) is 6.10 Å². The normalized spacial score (nSPS) is 15.5. The van der Waals surface area contributed by atoms with Crippen molar-refractivity contribution in [2.45, 2.75) is 116 Å². The number of likely N-dealkylation sites (N-methyl/N-ethyl adjacent to an activating group) is 1. The van der Waals surface area contributed by atoms with Crippen LogP contribution in [0.4, 0.5) is 4.79 Å². The fourth-order valence-electron chi connectivity index (χ4n) is 6.52. The van der Waals surface area contributed by atoms with Gasteiger partial charge in [0, 0.05) is 51.8 Å². The van der Waals surface area contributed by atoms with E-state index in [0.717, 1.165) is 37.7 Å². The molecule has 0 aliphatic heterocycles. The molecule has 4 N–H and O–H groups in total. The van der Waals surface area contributed by atoms with E-state index in [1.54, 1.807) is 13.1 Å². The third-order valence-corrected chi connectivity index (χ3v) is 9.73. The van der Waals surface area contributed by atoms with E-state index in [0.29, 0.717) is 30.4 Å². The molecule has 1 saturated carbocycles. The number of carbonyl (C=O) groups is 5. The molecule has 0 unspecified atom stereocenters. The number of aliphatic hydroxyl groups is 1. The summed E-state index contributed by atoms with van der Waals surface area (Å²) in [5.74, 6) is -1.25. The first-order valence-corrected chi connectivity index (χ1v) is 19.0. The van der Waals surface area contributed by atoms with Gasteiger partial charge >= 0.3 is 12.1 Å². The summed E-state index contributed by atoms with van der Waals surface area (Å²) in [5.41, 5.74) is 1.37. The molecule has 1 fully saturated rings. The van der Waals surface area contributed by atoms with Crippen LogP contribution in [0, 0.1) is 11.8 Å². The van der Waals surface area contributed by atoms with Crippen LogP contribution in [0.25, 0.3) is 0 Å². The number of benzene rings is 1. The Morgan fingerprint density at radius 2 is 1.74 bits per heavy atom. The van der Waals surface area contributed by atoms with Crippen LogP contribution >= 0.6 is 0 Å². The van der Waals surface area contributed by atoms with Gasteiger partial charge < -0.3 is 40.0 Å². The smallest absolute Gasteiger partial charge is 0.410 e. The second-order valence-electron chi connectivity index (χ2n) is 14.5. The van der Waals surface area contributed by atoms with E-state index >= 15 is 0 Å². The molecule has 0 radical (unpaired) electrons. The topological polar surface area (TPSA) is 183 Å². The van der Waals surface area contributed by atoms with Crippen molar-refractivity contribution in [1.29, 1.82) is 0 Å². The average molecular weight is 741 g/mol. The fraction of sp³-hybridized carbons (Fsp3) is 0.641. The highest BCUT2D eigenvalue weighted by Crippen LogP contribution is 2.29. The lowest BCUT2D eigenvalue weighted by atomic mass is 9.83. The molecule has 4 atom stereocenters. The number of hydrogen-bond donors (Lipinski definition) is 4. The summed E-state index contributed by atoms with van der Waals surface area (Å²) in [6.07, 6.45) is 7.83. The van der Waals surface area contributed by atoms with Crippen LogP contribution in [0.1, 0.15) is 89.8 Å². The number of esters is 1. The van der Waals surface area contributed by atoms with Gasteiger partial charge in [0.25, 0.3) is 5.91 Å². The highest BCUT2D eigenvalue weighted by molar-refractivity contribution is 5.90. The summed E-state index contributed by atoms with van der Waals surface area (Å²) in [6, 6.07) is 7.59. The number of aromatic nitrogens is 2. The van der Waals surface area contributed by atoms with Gasteiger partial charge in [-0.3, -0.25) is 19.2 Å². The Kier molecular flexibility index (Phi) is 18.3. The van der Waals surface area contributed by atoms with E-state index in [9.17, 15) is 29.1 Å². The maximum Gasteiger partial charge on any atom is 0.410 e. The number of imidazole rings is 1. The van der Waals surface area contributed by atoms with E-state index in [-0.39, 0.29) is 39.0 Å². The van der Waals surface area contributed by atoms with Crippen molar-refractivity contribution in [3.05, 3.63) is 54.1 Å². The van der Waals surface area contributed by atoms with Gasteiger partial charge in [-0.05, 0) is 43.6 Å². The van der Waals surface area contributed by atoms with Crippen LogP contribution in [-0.2, 0) is 41.5 Å². The second kappa shape index (κ2) is 22.6. The first-order chi connectivity index (χ1) is 25.4. The molecule has 2 aromatic rings. The SMILES string of the molecule is CCOC(=O)CNC(=O)CCN(C)C(=O)O[C@@H](Cc1ccccc1)C(=O)N(C)[C@@H](Cc1cnc[nH]1)C(=O)N[C@@H](CC1CCCCC1)[C@@H](O)CCC(C)C. The number of rotatable bonds is 21. The molecule has 4 amide bonds. The Hall–Kier alpha value is -4.46. The number of nitrogens with one attached hydrogen (secondary N) is 3. The Morgan fingerprint density at radius 1 is 1.02 bits per heavy atom. The lowest BCUT2D eigenvalue weighted by Gasteiger charge is -2.34. The summed E-state index contributed by atoms with van der Waals surface area (Å²) in [6.45, 7) is 5.73. The predicted octanol–water partition coefficient (Wildman–Crippen LogP) is 3.78. The van der Waals surface area contributed by atoms with Crippen molar-refractivity contribution in [3.8, 4) is 0 Å². The molecule has 294 valence electrons. The Balaban J connectivity index is 1.80. The monoisotopic (exact) mass is 740 g/mol. The summed E-state index contributed by atoms with van der Waals surface area (Å²) in [4.78, 5) is 75.4. The molecule has 0 bridgehead atoms. The second-order valence-corrected chi connectivity index (χ2v) is 14.5. The highest BCUT2D eigenvalue weighted by atomic mass is 16.6. The molecule has 53 heavy (non-hydrogen) atoms. The van der Waals surface area contributed by atoms with Crippen molar-refractivity contribution in [2.24, 2.45) is 11.8 Å². The highest BCUT2D eigenvalue weighted by Gasteiger charge is 2.36. The van der Waals surface area contributed by atoms with E-state index in [2.05, 4.69) is 34.4 Å². The number of hydrogen-bond acceptors (Lipinski definition) is 9. The first kappa shape index (κ1) is 42.9. The zero-order valence-electron chi connectivity index (χ0n) is 32.1. The maximum absolute atomic E-state index is 14.3. The number of aliphatic hydroxyl groups excluding tert-OH is 1. The number of nitrogens with zero attached hydrogens (tertiary/aromatic N) is 3. The third kappa shape index (κ3) is 15.2. The van der Waals surface area contributed by atoms with Gasteiger partial charge in [-0.25, -0.2) is 9.78 Å². The van der Waals surface area contributed by atoms with Crippen LogP contribution < -0.4 is 10.6 Å². The fourth-order valence-corrected chi connectivity index (χ4v) is 6.52. The van der Waals surface area contributed by atoms with Gasteiger partial charge in [0.05, 0.1) is 25.1 Å². The molecule has 1 aromatic carbocycles. The van der Waals surface area contributed by atoms with Gasteiger partial charge in [-0.2, -0.15) is 0 Å². The lowest BCUT2D eigenvalue weighted by molar-refractivity contribution is -0.146. The molecule has 14 heteroatoms. The Labute approximate surface area is 313 Å². The summed E-state index contributed by atoms with van der Waals surface area (Å²) in [7, 11) is 2.96. The minimum Gasteiger partial charge on any atom is -0.465 e. The number of aromatic amines is 1. The predicted molar refractivity (Wildman–Crippen MR) is 199 cm³/mol. The average Bonchev–Trinajstić information content (AvgIpc) is 3.67. The van der Waals surface area contributed by atoms with Crippen LogP contribution in [-0.4, -0.2) is 113 Å². The molecule has 0 spiro atoms. The zero-order valence-corrected chi connectivity index (χ0v) is 32.1. The largest absolute Gasteiger partial charge is 0.465 e. The first-order valence-electron chi connectivity index (χ1n) is 19.0. The van der Waals surface area contributed by atoms with Crippen molar-refractivity contribution in [2.75, 3.05) is 33.8 Å². The molecule has 3 rings (SSSR count). The van der Waals surface area contributed by atoms with Crippen molar-refractivity contribution < 1.29 is 38.6 Å². The molecular weight excluding hydrogens is 680 g/mol. The minimum atomic E-state index is -1.30. The van der Waals surface area contributed by atoms with E-state index in [1.165, 1.54) is 36.6 Å². The summed E-state index contributed by atoms with van der Waals surface area (Å²) >= 11 is 0. The molecule has 14 nitrogen and oxygen atoms in total. The van der Waals surface area contributed by atoms with Crippen LogP contribution in [0.3, 0.4) is 0 Å². The number of amides is 4. The number of carbonyl (C=O) groups excluding carboxylic acids is 5. The minimum absolute atomic E-state index is 0.0397. The third-order valence-electron chi connectivity index (χ3n) is 9.73. The van der Waals surface area contributed by atoms with Crippen LogP contribution in [0.5, 0.6) is 0 Å². The molecule has 1 aromatic heterocycles. The Morgan fingerprint density at radius 3 is 2.38 bits per heavy atom. The van der Waals surface area contributed by atoms with Crippen LogP contribution in [0.2, 0.25) is 0 Å². The standard InChI is InChI=1S/C39H60N6O8/c1-6-52-36(48)25-41-35(47)19-20-44(4)39(51)53-34(22-29-15-11-8-12-16-29)38(50)45(5)32(23-30-24-40-26-42-30)37(49)43-31(33(46)18-17-27(2)3)21-28-13-9-7-10-14-28/h8,11-12,15-16,24,26-28,31-34,46H,6-7,9-10,13-14,17-23,25H2,1-5H3,(H,40,42)(H,41,47)(H,43,49)/t31-,32-,33-,34-/m0/s1. The van der Waals surface area contributed by atoms with Gasteiger partial charge in [-0.15, -0.1) is 0 Å².